The van der Waals surface area contributed by atoms with E-state index in [1.54, 1.807) is 0 Å². The molecular weight excluding hydrogens is 617 g/mol. The van der Waals surface area contributed by atoms with Crippen LogP contribution in [0.25, 0.3) is 99.3 Å². The molecule has 0 saturated carbocycles. The van der Waals surface area contributed by atoms with E-state index in [0.29, 0.717) is 5.95 Å². The van der Waals surface area contributed by atoms with Gasteiger partial charge in [-0.25, -0.2) is 9.97 Å². The third-order valence-corrected chi connectivity index (χ3v) is 10.3. The molecule has 0 fully saturated rings. The van der Waals surface area contributed by atoms with Crippen molar-refractivity contribution in [2.75, 3.05) is 0 Å². The minimum absolute atomic E-state index is 0.618. The summed E-state index contributed by atoms with van der Waals surface area (Å²) in [6.45, 7) is 0. The molecule has 0 unspecified atom stereocenters. The monoisotopic (exact) mass is 640 g/mol. The molecule has 0 atom stereocenters. The lowest BCUT2D eigenvalue weighted by Gasteiger charge is -2.20. The van der Waals surface area contributed by atoms with Gasteiger partial charge in [0.2, 0.25) is 5.95 Å². The first kappa shape index (κ1) is 26.1. The molecule has 0 N–H and O–H groups in total. The molecule has 1 aliphatic rings. The lowest BCUT2D eigenvalue weighted by molar-refractivity contribution is 0.486. The van der Waals surface area contributed by atoms with Gasteiger partial charge in [-0.2, -0.15) is 0 Å². The molecule has 7 aromatic carbocycles. The minimum Gasteiger partial charge on any atom is -0.456 e. The van der Waals surface area contributed by atoms with Crippen LogP contribution in [0.15, 0.2) is 150 Å². The Morgan fingerprint density at radius 1 is 0.440 bits per heavy atom. The Morgan fingerprint density at radius 2 is 1.16 bits per heavy atom. The fourth-order valence-electron chi connectivity index (χ4n) is 8.28. The molecule has 5 heterocycles. The van der Waals surface area contributed by atoms with Crippen LogP contribution in [0.1, 0.15) is 0 Å². The SMILES string of the molecule is c1ccc(-n2c3ccc4c5ccccc5oc4c3c3c4c5ccccc5n(-c5nc6c7c(cccc7n5)Oc5ccccc5-6)c4ccc32)cc1. The number of benzene rings is 7. The summed E-state index contributed by atoms with van der Waals surface area (Å²) >= 11 is 0. The van der Waals surface area contributed by atoms with Crippen molar-refractivity contribution >= 4 is 76.5 Å². The van der Waals surface area contributed by atoms with Crippen molar-refractivity contribution in [2.45, 2.75) is 0 Å². The number of hydrogen-bond acceptors (Lipinski definition) is 4. The molecule has 11 aromatic rings. The number of ether oxygens (including phenoxy) is 1. The van der Waals surface area contributed by atoms with E-state index in [9.17, 15) is 0 Å². The summed E-state index contributed by atoms with van der Waals surface area (Å²) in [6, 6.07) is 50.5. The quantitative estimate of drug-likeness (QED) is 0.189. The molecule has 6 heteroatoms. The van der Waals surface area contributed by atoms with E-state index in [0.717, 1.165) is 105 Å². The number of furan rings is 1. The van der Waals surface area contributed by atoms with Crippen molar-refractivity contribution in [3.63, 3.8) is 0 Å². The predicted octanol–water partition coefficient (Wildman–Crippen LogP) is 11.5. The maximum Gasteiger partial charge on any atom is 0.235 e. The maximum atomic E-state index is 6.75. The molecule has 6 nitrogen and oxygen atoms in total. The molecule has 0 bridgehead atoms. The Morgan fingerprint density at radius 3 is 2.08 bits per heavy atom. The van der Waals surface area contributed by atoms with Crippen LogP contribution in [-0.2, 0) is 0 Å². The Kier molecular flexibility index (Phi) is 4.89. The van der Waals surface area contributed by atoms with E-state index in [4.69, 9.17) is 19.1 Å². The number of nitrogens with zero attached hydrogens (tertiary/aromatic N) is 4. The number of rotatable bonds is 2. The Labute approximate surface area is 284 Å². The molecule has 12 rings (SSSR count). The summed E-state index contributed by atoms with van der Waals surface area (Å²) in [6.07, 6.45) is 0. The summed E-state index contributed by atoms with van der Waals surface area (Å²) in [7, 11) is 0. The first-order chi connectivity index (χ1) is 24.8. The summed E-state index contributed by atoms with van der Waals surface area (Å²) in [4.78, 5) is 10.6. The summed E-state index contributed by atoms with van der Waals surface area (Å²) in [5.41, 5.74) is 9.82. The number of fused-ring (bicyclic) bond motifs is 13. The lowest BCUT2D eigenvalue weighted by atomic mass is 10.0. The van der Waals surface area contributed by atoms with Crippen molar-refractivity contribution in [3.8, 4) is 34.4 Å². The largest absolute Gasteiger partial charge is 0.456 e. The molecule has 0 spiro atoms. The summed E-state index contributed by atoms with van der Waals surface area (Å²) in [5, 5.41) is 7.65. The third-order valence-electron chi connectivity index (χ3n) is 10.3. The van der Waals surface area contributed by atoms with Crippen LogP contribution in [0.3, 0.4) is 0 Å². The Bertz CT molecular complexity index is 3240. The third kappa shape index (κ3) is 3.27. The van der Waals surface area contributed by atoms with Crippen molar-refractivity contribution in [3.05, 3.63) is 146 Å². The molecule has 4 aromatic heterocycles. The highest BCUT2D eigenvalue weighted by atomic mass is 16.5. The van der Waals surface area contributed by atoms with E-state index in [1.807, 2.05) is 42.5 Å². The van der Waals surface area contributed by atoms with E-state index >= 15 is 0 Å². The maximum absolute atomic E-state index is 6.75. The van der Waals surface area contributed by atoms with Crippen LogP contribution in [0.2, 0.25) is 0 Å². The fourth-order valence-corrected chi connectivity index (χ4v) is 8.28. The van der Waals surface area contributed by atoms with Crippen LogP contribution >= 0.6 is 0 Å². The van der Waals surface area contributed by atoms with E-state index in [2.05, 4.69) is 112 Å². The molecule has 50 heavy (non-hydrogen) atoms. The van der Waals surface area contributed by atoms with Gasteiger partial charge in [0, 0.05) is 38.2 Å². The van der Waals surface area contributed by atoms with Gasteiger partial charge in [-0.3, -0.25) is 4.57 Å². The Hall–Kier alpha value is -6.92. The lowest BCUT2D eigenvalue weighted by Crippen LogP contribution is -2.06. The zero-order valence-corrected chi connectivity index (χ0v) is 26.5. The van der Waals surface area contributed by atoms with Crippen LogP contribution < -0.4 is 4.74 Å². The van der Waals surface area contributed by atoms with Crippen LogP contribution in [0.4, 0.5) is 0 Å². The average molecular weight is 641 g/mol. The molecule has 0 radical (unpaired) electrons. The van der Waals surface area contributed by atoms with Gasteiger partial charge in [0.25, 0.3) is 0 Å². The number of para-hydroxylation sites is 4. The minimum atomic E-state index is 0.618. The molecule has 0 aliphatic carbocycles. The zero-order chi connectivity index (χ0) is 32.5. The van der Waals surface area contributed by atoms with Gasteiger partial charge in [0.05, 0.1) is 44.0 Å². The normalized spacial score (nSPS) is 12.6. The second kappa shape index (κ2) is 9.36. The highest BCUT2D eigenvalue weighted by Crippen LogP contribution is 2.48. The topological polar surface area (TPSA) is 58.0 Å². The Balaban J connectivity index is 1.27. The zero-order valence-electron chi connectivity index (χ0n) is 26.5. The van der Waals surface area contributed by atoms with Crippen molar-refractivity contribution < 1.29 is 9.15 Å². The van der Waals surface area contributed by atoms with Gasteiger partial charge >= 0.3 is 0 Å². The van der Waals surface area contributed by atoms with Gasteiger partial charge in [0.1, 0.15) is 22.7 Å². The average Bonchev–Trinajstić information content (AvgIpc) is 3.83. The second-order valence-corrected chi connectivity index (χ2v) is 12.9. The van der Waals surface area contributed by atoms with Crippen LogP contribution in [0, 0.1) is 0 Å². The standard InChI is InChI=1S/C44H24N4O2/c1-2-11-25(12-3-1)47-33-24-23-32-38(40(33)41-34(47)22-21-27-26-13-5-8-18-35(26)50-43(27)41)28-14-4-7-17-31(28)48(32)44-45-30-16-10-20-37-39(30)42(46-44)29-15-6-9-19-36(29)49-37/h1-24H. The number of aromatic nitrogens is 4. The van der Waals surface area contributed by atoms with Crippen molar-refractivity contribution in [1.29, 1.82) is 0 Å². The highest BCUT2D eigenvalue weighted by Gasteiger charge is 2.27. The van der Waals surface area contributed by atoms with Gasteiger partial charge < -0.3 is 13.7 Å². The fraction of sp³-hybridized carbons (Fsp3) is 0. The molecular formula is C44H24N4O2. The van der Waals surface area contributed by atoms with Crippen molar-refractivity contribution in [2.24, 2.45) is 0 Å². The second-order valence-electron chi connectivity index (χ2n) is 12.9. The predicted molar refractivity (Wildman–Crippen MR) is 201 cm³/mol. The molecule has 0 amide bonds. The van der Waals surface area contributed by atoms with Gasteiger partial charge in [-0.15, -0.1) is 0 Å². The van der Waals surface area contributed by atoms with Gasteiger partial charge in [-0.1, -0.05) is 72.8 Å². The van der Waals surface area contributed by atoms with Gasteiger partial charge in [0.15, 0.2) is 0 Å². The summed E-state index contributed by atoms with van der Waals surface area (Å²) in [5.74, 6) is 2.19. The number of hydrogen-bond donors (Lipinski definition) is 0. The van der Waals surface area contributed by atoms with E-state index in [-0.39, 0.29) is 0 Å². The molecule has 232 valence electrons. The first-order valence-electron chi connectivity index (χ1n) is 16.8. The molecule has 1 aliphatic heterocycles. The van der Waals surface area contributed by atoms with Crippen LogP contribution in [-0.4, -0.2) is 19.1 Å². The van der Waals surface area contributed by atoms with Crippen LogP contribution in [0.5, 0.6) is 11.5 Å². The summed E-state index contributed by atoms with van der Waals surface area (Å²) < 4.78 is 17.6. The molecule has 0 saturated heterocycles. The highest BCUT2D eigenvalue weighted by molar-refractivity contribution is 6.34. The first-order valence-corrected chi connectivity index (χ1v) is 16.8. The van der Waals surface area contributed by atoms with Crippen molar-refractivity contribution in [1.82, 2.24) is 19.1 Å². The van der Waals surface area contributed by atoms with E-state index < -0.39 is 0 Å². The smallest absolute Gasteiger partial charge is 0.235 e. The van der Waals surface area contributed by atoms with Gasteiger partial charge in [-0.05, 0) is 72.8 Å². The van der Waals surface area contributed by atoms with E-state index in [1.165, 1.54) is 0 Å².